The molecule has 64 valence electrons. The third-order valence-corrected chi connectivity index (χ3v) is 3.39. The van der Waals surface area contributed by atoms with Crippen LogP contribution >= 0.6 is 0 Å². The molecule has 0 fully saturated rings. The van der Waals surface area contributed by atoms with Gasteiger partial charge in [0.05, 0.1) is 0 Å². The molecule has 0 bridgehead atoms. The molecule has 0 saturated carbocycles. The van der Waals surface area contributed by atoms with Crippen molar-refractivity contribution in [3.63, 3.8) is 0 Å². The molecule has 0 aromatic carbocycles. The van der Waals surface area contributed by atoms with Crippen molar-refractivity contribution in [1.82, 2.24) is 9.97 Å². The van der Waals surface area contributed by atoms with Gasteiger partial charge in [0, 0.05) is 0 Å². The molecule has 0 N–H and O–H groups in total. The second kappa shape index (κ2) is 2.96. The first kappa shape index (κ1) is 7.90. The van der Waals surface area contributed by atoms with E-state index in [-0.39, 0.29) is 21.2 Å². The van der Waals surface area contributed by atoms with E-state index in [1.807, 2.05) is 23.2 Å². The van der Waals surface area contributed by atoms with Crippen LogP contribution in [-0.4, -0.2) is 28.3 Å². The first-order valence-electron chi connectivity index (χ1n) is 3.47. The molecule has 0 saturated heterocycles. The van der Waals surface area contributed by atoms with Crippen molar-refractivity contribution in [3.05, 3.63) is 9.90 Å². The van der Waals surface area contributed by atoms with Gasteiger partial charge in [-0.2, -0.15) is 0 Å². The van der Waals surface area contributed by atoms with Crippen LogP contribution in [0.4, 0.5) is 11.6 Å². The van der Waals surface area contributed by atoms with E-state index >= 15 is 0 Å². The summed E-state index contributed by atoms with van der Waals surface area (Å²) in [5.41, 5.74) is 0.952. The molecule has 0 amide bonds. The quantitative estimate of drug-likeness (QED) is 0.419. The number of anilines is 1. The fourth-order valence-corrected chi connectivity index (χ4v) is 2.51. The van der Waals surface area contributed by atoms with Gasteiger partial charge in [-0.15, -0.1) is 0 Å². The third kappa shape index (κ3) is 1.28. The van der Waals surface area contributed by atoms with Gasteiger partial charge in [-0.05, 0) is 0 Å². The Morgan fingerprint density at radius 3 is 3.00 bits per heavy atom. The third-order valence-electron chi connectivity index (χ3n) is 1.45. The Morgan fingerprint density at radius 1 is 1.42 bits per heavy atom. The van der Waals surface area contributed by atoms with E-state index in [0.29, 0.717) is 0 Å². The molecule has 0 atom stereocenters. The molecule has 2 rings (SSSR count). The fourth-order valence-electron chi connectivity index (χ4n) is 0.852. The SMILES string of the molecule is CN(C)c1ncc2c(n1)[I-]C=N2. The zero-order chi connectivity index (χ0) is 8.55. The van der Waals surface area contributed by atoms with Gasteiger partial charge in [-0.25, -0.2) is 0 Å². The average Bonchev–Trinajstić information content (AvgIpc) is 2.49. The normalized spacial score (nSPS) is 13.8. The number of hydrogen-bond donors (Lipinski definition) is 0. The van der Waals surface area contributed by atoms with Gasteiger partial charge in [0.15, 0.2) is 0 Å². The standard InChI is InChI=1S/C7H8IN4/c1-12(2)7-9-3-5-6(11-7)8-4-10-5/h3-4H,1-2H3/q-1. The van der Waals surface area contributed by atoms with Crippen molar-refractivity contribution >= 4 is 15.9 Å². The predicted molar refractivity (Wildman–Crippen MR) is 43.2 cm³/mol. The second-order valence-corrected chi connectivity index (χ2v) is 4.78. The van der Waals surface area contributed by atoms with Crippen LogP contribution in [0.15, 0.2) is 11.2 Å². The minimum absolute atomic E-state index is 0.0893. The number of rotatable bonds is 1. The van der Waals surface area contributed by atoms with E-state index < -0.39 is 0 Å². The van der Waals surface area contributed by atoms with E-state index in [1.165, 1.54) is 0 Å². The molecule has 2 heterocycles. The molecule has 1 aliphatic heterocycles. The van der Waals surface area contributed by atoms with E-state index in [1.54, 1.807) is 6.20 Å². The summed E-state index contributed by atoms with van der Waals surface area (Å²) in [4.78, 5) is 14.6. The monoisotopic (exact) mass is 275 g/mol. The summed E-state index contributed by atoms with van der Waals surface area (Å²) in [7, 11) is 3.88. The molecule has 4 nitrogen and oxygen atoms in total. The minimum atomic E-state index is -0.0893. The first-order valence-corrected chi connectivity index (χ1v) is 5.80. The summed E-state index contributed by atoms with van der Waals surface area (Å²) in [5, 5.41) is 0. The summed E-state index contributed by atoms with van der Waals surface area (Å²) in [6.07, 6.45) is 1.79. The van der Waals surface area contributed by atoms with Gasteiger partial charge in [0.2, 0.25) is 0 Å². The molecular weight excluding hydrogens is 267 g/mol. The van der Waals surface area contributed by atoms with E-state index in [2.05, 4.69) is 15.0 Å². The summed E-state index contributed by atoms with van der Waals surface area (Å²) >= 11 is -0.0893. The predicted octanol–water partition coefficient (Wildman–Crippen LogP) is -2.53. The average molecular weight is 275 g/mol. The Hall–Kier alpha value is -0.720. The van der Waals surface area contributed by atoms with Crippen molar-refractivity contribution < 1.29 is 21.2 Å². The maximum absolute atomic E-state index is 4.39. The van der Waals surface area contributed by atoms with Crippen LogP contribution in [0.1, 0.15) is 0 Å². The number of nitrogens with zero attached hydrogens (tertiary/aromatic N) is 4. The van der Waals surface area contributed by atoms with Crippen molar-refractivity contribution in [2.24, 2.45) is 4.99 Å². The molecular formula is C7H8IN4-. The Bertz CT molecular complexity index is 334. The molecule has 0 unspecified atom stereocenters. The van der Waals surface area contributed by atoms with Crippen LogP contribution < -0.4 is 26.1 Å². The molecule has 0 spiro atoms. The van der Waals surface area contributed by atoms with Gasteiger partial charge < -0.3 is 0 Å². The number of aliphatic imine (C=N–C) groups is 1. The fraction of sp³-hybridized carbons (Fsp3) is 0.286. The van der Waals surface area contributed by atoms with E-state index in [4.69, 9.17) is 0 Å². The van der Waals surface area contributed by atoms with E-state index in [0.717, 1.165) is 15.3 Å². The molecule has 1 aromatic rings. The van der Waals surface area contributed by atoms with Crippen molar-refractivity contribution in [1.29, 1.82) is 0 Å². The van der Waals surface area contributed by atoms with Crippen LogP contribution in [0.5, 0.6) is 0 Å². The number of hydrogen-bond acceptors (Lipinski definition) is 4. The van der Waals surface area contributed by atoms with E-state index in [9.17, 15) is 0 Å². The molecule has 12 heavy (non-hydrogen) atoms. The summed E-state index contributed by atoms with van der Waals surface area (Å²) in [6, 6.07) is 0. The Morgan fingerprint density at radius 2 is 2.25 bits per heavy atom. The van der Waals surface area contributed by atoms with Gasteiger partial charge >= 0.3 is 80.9 Å². The van der Waals surface area contributed by atoms with Crippen LogP contribution in [0.3, 0.4) is 0 Å². The van der Waals surface area contributed by atoms with Gasteiger partial charge in [-0.3, -0.25) is 0 Å². The van der Waals surface area contributed by atoms with Crippen molar-refractivity contribution in [3.8, 4) is 0 Å². The molecule has 0 aliphatic carbocycles. The number of fused-ring (bicyclic) bond motifs is 1. The van der Waals surface area contributed by atoms with Crippen molar-refractivity contribution in [2.75, 3.05) is 19.0 Å². The molecule has 5 heteroatoms. The Labute approximate surface area is 81.0 Å². The zero-order valence-corrected chi connectivity index (χ0v) is 8.98. The second-order valence-electron chi connectivity index (χ2n) is 2.58. The summed E-state index contributed by atoms with van der Waals surface area (Å²) < 4.78 is 3.10. The first-order chi connectivity index (χ1) is 5.77. The van der Waals surface area contributed by atoms with Crippen LogP contribution in [0.2, 0.25) is 0 Å². The van der Waals surface area contributed by atoms with Crippen LogP contribution in [-0.2, 0) is 0 Å². The maximum atomic E-state index is 4.39. The Balaban J connectivity index is 2.42. The van der Waals surface area contributed by atoms with Crippen LogP contribution in [0, 0.1) is 3.70 Å². The topological polar surface area (TPSA) is 41.4 Å². The zero-order valence-electron chi connectivity index (χ0n) is 6.82. The van der Waals surface area contributed by atoms with Gasteiger partial charge in [0.25, 0.3) is 0 Å². The molecule has 0 radical (unpaired) electrons. The van der Waals surface area contributed by atoms with Crippen molar-refractivity contribution in [2.45, 2.75) is 0 Å². The summed E-state index contributed by atoms with van der Waals surface area (Å²) in [6.45, 7) is 0. The number of halogens is 1. The van der Waals surface area contributed by atoms with Gasteiger partial charge in [-0.1, -0.05) is 0 Å². The Kier molecular flexibility index (Phi) is 1.95. The molecule has 1 aliphatic rings. The molecule has 1 aromatic heterocycles. The van der Waals surface area contributed by atoms with Gasteiger partial charge in [0.1, 0.15) is 0 Å². The van der Waals surface area contributed by atoms with Crippen LogP contribution in [0.25, 0.3) is 0 Å². The summed E-state index contributed by atoms with van der Waals surface area (Å²) in [5.74, 6) is 0.777. The number of aromatic nitrogens is 2.